The third kappa shape index (κ3) is 2.36. The Kier molecular flexibility index (Phi) is 3.63. The Bertz CT molecular complexity index is 492. The molecule has 4 heteroatoms. The first-order valence-electron chi connectivity index (χ1n) is 6.20. The molecule has 1 aromatic rings. The maximum atomic E-state index is 12.3. The van der Waals surface area contributed by atoms with Crippen LogP contribution >= 0.6 is 0 Å². The van der Waals surface area contributed by atoms with Crippen LogP contribution in [0, 0.1) is 11.3 Å². The predicted octanol–water partition coefficient (Wildman–Crippen LogP) is 1.66. The molecule has 1 aliphatic rings. The van der Waals surface area contributed by atoms with Gasteiger partial charge in [0, 0.05) is 11.7 Å². The molecular weight excluding hydrogens is 226 g/mol. The Hall–Kier alpha value is -1.86. The van der Waals surface area contributed by atoms with Gasteiger partial charge in [0.2, 0.25) is 5.91 Å². The second-order valence-corrected chi connectivity index (χ2v) is 4.68. The molecular formula is C14H17N3O. The Labute approximate surface area is 107 Å². The molecule has 1 N–H and O–H groups in total. The van der Waals surface area contributed by atoms with Crippen LogP contribution in [-0.4, -0.2) is 24.5 Å². The number of rotatable bonds is 1. The number of hydrogen-bond donors (Lipinski definition) is 1. The molecule has 94 valence electrons. The molecule has 2 rings (SSSR count). The molecule has 1 aromatic carbocycles. The number of nitrogens with one attached hydrogen (secondary N) is 1. The lowest BCUT2D eigenvalue weighted by Gasteiger charge is -2.28. The molecule has 18 heavy (non-hydrogen) atoms. The average Bonchev–Trinajstić information content (AvgIpc) is 2.50. The number of nitriles is 1. The van der Waals surface area contributed by atoms with E-state index in [2.05, 4.69) is 11.4 Å². The van der Waals surface area contributed by atoms with Gasteiger partial charge >= 0.3 is 0 Å². The van der Waals surface area contributed by atoms with Crippen molar-refractivity contribution in [2.24, 2.45) is 0 Å². The van der Waals surface area contributed by atoms with Crippen LogP contribution in [0.4, 0.5) is 5.69 Å². The molecule has 0 bridgehead atoms. The first-order valence-corrected chi connectivity index (χ1v) is 6.20. The van der Waals surface area contributed by atoms with Gasteiger partial charge in [-0.25, -0.2) is 0 Å². The van der Waals surface area contributed by atoms with Gasteiger partial charge in [-0.1, -0.05) is 6.07 Å². The summed E-state index contributed by atoms with van der Waals surface area (Å²) in [6.07, 6.45) is 0.910. The lowest BCUT2D eigenvalue weighted by Crippen LogP contribution is -2.44. The van der Waals surface area contributed by atoms with E-state index in [1.54, 1.807) is 17.0 Å². The van der Waals surface area contributed by atoms with Crippen molar-refractivity contribution < 1.29 is 4.79 Å². The molecule has 0 aromatic heterocycles. The molecule has 0 aliphatic carbocycles. The zero-order valence-electron chi connectivity index (χ0n) is 10.7. The number of carbonyl (C=O) groups is 1. The van der Waals surface area contributed by atoms with Crippen LogP contribution in [0.5, 0.6) is 0 Å². The lowest BCUT2D eigenvalue weighted by atomic mass is 10.1. The van der Waals surface area contributed by atoms with Crippen molar-refractivity contribution in [3.63, 3.8) is 0 Å². The Morgan fingerprint density at radius 3 is 2.94 bits per heavy atom. The molecule has 2 atom stereocenters. The highest BCUT2D eigenvalue weighted by atomic mass is 16.2. The highest BCUT2D eigenvalue weighted by Gasteiger charge is 2.29. The van der Waals surface area contributed by atoms with Gasteiger partial charge in [0.1, 0.15) is 0 Å². The van der Waals surface area contributed by atoms with E-state index in [1.165, 1.54) is 0 Å². The minimum absolute atomic E-state index is 0.0649. The topological polar surface area (TPSA) is 56.1 Å². The summed E-state index contributed by atoms with van der Waals surface area (Å²) in [6, 6.07) is 9.29. The highest BCUT2D eigenvalue weighted by molar-refractivity contribution is 5.97. The van der Waals surface area contributed by atoms with Crippen molar-refractivity contribution in [2.75, 3.05) is 11.4 Å². The molecule has 1 aliphatic heterocycles. The van der Waals surface area contributed by atoms with Gasteiger partial charge in [-0.2, -0.15) is 5.26 Å². The van der Waals surface area contributed by atoms with Gasteiger partial charge in [0.25, 0.3) is 0 Å². The van der Waals surface area contributed by atoms with Crippen molar-refractivity contribution in [3.05, 3.63) is 29.8 Å². The van der Waals surface area contributed by atoms with Gasteiger partial charge in [0.05, 0.1) is 17.7 Å². The quantitative estimate of drug-likeness (QED) is 0.816. The van der Waals surface area contributed by atoms with Gasteiger partial charge < -0.3 is 10.2 Å². The fourth-order valence-electron chi connectivity index (χ4n) is 2.26. The minimum atomic E-state index is -0.180. The largest absolute Gasteiger partial charge is 0.308 e. The molecule has 1 saturated heterocycles. The lowest BCUT2D eigenvalue weighted by molar-refractivity contribution is -0.120. The number of anilines is 1. The standard InChI is InChI=1S/C14H17N3O/c1-10-6-7-16-11(2)14(18)17(10)13-5-3-4-12(8-13)9-15/h3-5,8,10-11,16H,6-7H2,1-2H3. The number of benzene rings is 1. The van der Waals surface area contributed by atoms with E-state index in [0.29, 0.717) is 5.56 Å². The molecule has 0 radical (unpaired) electrons. The summed E-state index contributed by atoms with van der Waals surface area (Å²) >= 11 is 0. The van der Waals surface area contributed by atoms with Crippen LogP contribution in [0.3, 0.4) is 0 Å². The van der Waals surface area contributed by atoms with Gasteiger partial charge in [-0.3, -0.25) is 4.79 Å². The number of carbonyl (C=O) groups excluding carboxylic acids is 1. The first kappa shape index (κ1) is 12.6. The minimum Gasteiger partial charge on any atom is -0.308 e. The van der Waals surface area contributed by atoms with E-state index in [1.807, 2.05) is 26.0 Å². The summed E-state index contributed by atoms with van der Waals surface area (Å²) < 4.78 is 0. The second kappa shape index (κ2) is 5.19. The van der Waals surface area contributed by atoms with Crippen molar-refractivity contribution in [1.29, 1.82) is 5.26 Å². The zero-order chi connectivity index (χ0) is 13.1. The average molecular weight is 243 g/mol. The van der Waals surface area contributed by atoms with Gasteiger partial charge in [-0.15, -0.1) is 0 Å². The summed E-state index contributed by atoms with van der Waals surface area (Å²) in [5.74, 6) is 0.0649. The van der Waals surface area contributed by atoms with Crippen LogP contribution in [0.1, 0.15) is 25.8 Å². The number of hydrogen-bond acceptors (Lipinski definition) is 3. The predicted molar refractivity (Wildman–Crippen MR) is 70.2 cm³/mol. The Morgan fingerprint density at radius 2 is 2.22 bits per heavy atom. The molecule has 2 unspecified atom stereocenters. The smallest absolute Gasteiger partial charge is 0.244 e. The highest BCUT2D eigenvalue weighted by Crippen LogP contribution is 2.22. The van der Waals surface area contributed by atoms with Crippen molar-refractivity contribution in [2.45, 2.75) is 32.4 Å². The summed E-state index contributed by atoms with van der Waals surface area (Å²) in [6.45, 7) is 4.75. The van der Waals surface area contributed by atoms with Gasteiger partial charge in [0.15, 0.2) is 0 Å². The molecule has 1 heterocycles. The maximum absolute atomic E-state index is 12.3. The normalized spacial score (nSPS) is 24.5. The number of amides is 1. The van der Waals surface area contributed by atoms with Gasteiger partial charge in [-0.05, 0) is 45.0 Å². The second-order valence-electron chi connectivity index (χ2n) is 4.68. The summed E-state index contributed by atoms with van der Waals surface area (Å²) in [5.41, 5.74) is 1.39. The summed E-state index contributed by atoms with van der Waals surface area (Å²) in [7, 11) is 0. The third-order valence-corrected chi connectivity index (χ3v) is 3.31. The van der Waals surface area contributed by atoms with Crippen molar-refractivity contribution in [3.8, 4) is 6.07 Å². The van der Waals surface area contributed by atoms with E-state index < -0.39 is 0 Å². The van der Waals surface area contributed by atoms with E-state index >= 15 is 0 Å². The third-order valence-electron chi connectivity index (χ3n) is 3.31. The van der Waals surface area contributed by atoms with E-state index in [-0.39, 0.29) is 18.0 Å². The fourth-order valence-corrected chi connectivity index (χ4v) is 2.26. The number of nitrogens with zero attached hydrogens (tertiary/aromatic N) is 2. The van der Waals surface area contributed by atoms with Crippen molar-refractivity contribution in [1.82, 2.24) is 5.32 Å². The summed E-state index contributed by atoms with van der Waals surface area (Å²) in [5, 5.41) is 12.1. The monoisotopic (exact) mass is 243 g/mol. The van der Waals surface area contributed by atoms with E-state index in [0.717, 1.165) is 18.7 Å². The van der Waals surface area contributed by atoms with Crippen molar-refractivity contribution >= 4 is 11.6 Å². The zero-order valence-corrected chi connectivity index (χ0v) is 10.7. The Morgan fingerprint density at radius 1 is 1.44 bits per heavy atom. The van der Waals surface area contributed by atoms with Crippen LogP contribution in [0.2, 0.25) is 0 Å². The SMILES string of the molecule is CC1NCCC(C)N(c2cccc(C#N)c2)C1=O. The van der Waals surface area contributed by atoms with Crippen LogP contribution in [0.15, 0.2) is 24.3 Å². The van der Waals surface area contributed by atoms with E-state index in [4.69, 9.17) is 5.26 Å². The van der Waals surface area contributed by atoms with Crippen LogP contribution in [0.25, 0.3) is 0 Å². The summed E-state index contributed by atoms with van der Waals surface area (Å²) in [4.78, 5) is 14.1. The molecule has 1 amide bonds. The molecule has 0 spiro atoms. The van der Waals surface area contributed by atoms with Crippen LogP contribution in [-0.2, 0) is 4.79 Å². The first-order chi connectivity index (χ1) is 8.63. The van der Waals surface area contributed by atoms with E-state index in [9.17, 15) is 4.79 Å². The maximum Gasteiger partial charge on any atom is 0.244 e. The Balaban J connectivity index is 2.38. The molecule has 4 nitrogen and oxygen atoms in total. The molecule has 1 fully saturated rings. The molecule has 0 saturated carbocycles. The van der Waals surface area contributed by atoms with Crippen LogP contribution < -0.4 is 10.2 Å². The fraction of sp³-hybridized carbons (Fsp3) is 0.429.